The maximum absolute atomic E-state index is 3.49. The van der Waals surface area contributed by atoms with Gasteiger partial charge in [0.2, 0.25) is 0 Å². The largest absolute Gasteiger partial charge is 0.313 e. The van der Waals surface area contributed by atoms with Crippen LogP contribution in [0.15, 0.2) is 30.3 Å². The second kappa shape index (κ2) is 6.18. The van der Waals surface area contributed by atoms with Gasteiger partial charge in [0, 0.05) is 19.1 Å². The lowest BCUT2D eigenvalue weighted by molar-refractivity contribution is 0.297. The molecule has 1 aliphatic rings. The van der Waals surface area contributed by atoms with Crippen LogP contribution in [0.25, 0.3) is 0 Å². The van der Waals surface area contributed by atoms with E-state index in [1.54, 1.807) is 0 Å². The second-order valence-electron chi connectivity index (χ2n) is 5.11. The monoisotopic (exact) mass is 232 g/mol. The van der Waals surface area contributed by atoms with Gasteiger partial charge in [0.05, 0.1) is 0 Å². The highest BCUT2D eigenvalue weighted by Gasteiger charge is 2.24. The van der Waals surface area contributed by atoms with Crippen LogP contribution in [0.4, 0.5) is 0 Å². The number of nitrogens with one attached hydrogen (secondary N) is 1. The molecule has 94 valence electrons. The number of hydrogen-bond acceptors (Lipinski definition) is 2. The van der Waals surface area contributed by atoms with E-state index >= 15 is 0 Å². The summed E-state index contributed by atoms with van der Waals surface area (Å²) in [7, 11) is 0. The maximum atomic E-state index is 3.49. The van der Waals surface area contributed by atoms with Crippen molar-refractivity contribution in [1.29, 1.82) is 0 Å². The van der Waals surface area contributed by atoms with Gasteiger partial charge in [-0.3, -0.25) is 0 Å². The summed E-state index contributed by atoms with van der Waals surface area (Å²) in [6.07, 6.45) is 1.31. The minimum Gasteiger partial charge on any atom is -0.313 e. The van der Waals surface area contributed by atoms with E-state index < -0.39 is 0 Å². The second-order valence-corrected chi connectivity index (χ2v) is 5.11. The van der Waals surface area contributed by atoms with Crippen LogP contribution >= 0.6 is 0 Å². The summed E-state index contributed by atoms with van der Waals surface area (Å²) in [5.41, 5.74) is 1.51. The summed E-state index contributed by atoms with van der Waals surface area (Å²) in [4.78, 5) is 2.59. The highest BCUT2D eigenvalue weighted by Crippen LogP contribution is 2.26. The molecule has 1 heterocycles. The van der Waals surface area contributed by atoms with Crippen molar-refractivity contribution in [2.24, 2.45) is 0 Å². The Bertz CT molecular complexity index is 323. The van der Waals surface area contributed by atoms with E-state index in [2.05, 4.69) is 54.4 Å². The van der Waals surface area contributed by atoms with Crippen LogP contribution in [0, 0.1) is 0 Å². The van der Waals surface area contributed by atoms with Gasteiger partial charge in [-0.25, -0.2) is 0 Å². The third-order valence-electron chi connectivity index (χ3n) is 3.63. The third kappa shape index (κ3) is 3.55. The fourth-order valence-electron chi connectivity index (χ4n) is 2.80. The van der Waals surface area contributed by atoms with Gasteiger partial charge < -0.3 is 10.2 Å². The molecule has 0 aliphatic carbocycles. The Morgan fingerprint density at radius 3 is 2.82 bits per heavy atom. The lowest BCUT2D eigenvalue weighted by Crippen LogP contribution is -2.38. The Hall–Kier alpha value is -0.860. The molecule has 17 heavy (non-hydrogen) atoms. The van der Waals surface area contributed by atoms with Gasteiger partial charge in [0.1, 0.15) is 0 Å². The SMILES string of the molecule is CCNC(C)CN1CCC(c2ccccc2)C1. The number of likely N-dealkylation sites (tertiary alicyclic amines) is 1. The van der Waals surface area contributed by atoms with E-state index in [1.165, 1.54) is 31.6 Å². The quantitative estimate of drug-likeness (QED) is 0.839. The normalized spacial score (nSPS) is 22.8. The highest BCUT2D eigenvalue weighted by molar-refractivity contribution is 5.20. The first-order chi connectivity index (χ1) is 8.29. The van der Waals surface area contributed by atoms with Crippen molar-refractivity contribution in [3.05, 3.63) is 35.9 Å². The lowest BCUT2D eigenvalue weighted by Gasteiger charge is -2.21. The Morgan fingerprint density at radius 1 is 1.35 bits per heavy atom. The summed E-state index contributed by atoms with van der Waals surface area (Å²) in [5, 5.41) is 3.49. The van der Waals surface area contributed by atoms with Crippen LogP contribution in [-0.4, -0.2) is 37.1 Å². The lowest BCUT2D eigenvalue weighted by atomic mass is 9.99. The molecule has 1 aromatic rings. The maximum Gasteiger partial charge on any atom is 0.0166 e. The molecular weight excluding hydrogens is 208 g/mol. The smallest absolute Gasteiger partial charge is 0.0166 e. The van der Waals surface area contributed by atoms with Crippen LogP contribution in [0.3, 0.4) is 0 Å². The Kier molecular flexibility index (Phi) is 4.57. The third-order valence-corrected chi connectivity index (χ3v) is 3.63. The van der Waals surface area contributed by atoms with E-state index in [9.17, 15) is 0 Å². The van der Waals surface area contributed by atoms with Crippen molar-refractivity contribution in [2.75, 3.05) is 26.2 Å². The van der Waals surface area contributed by atoms with Gasteiger partial charge in [-0.15, -0.1) is 0 Å². The number of likely N-dealkylation sites (N-methyl/N-ethyl adjacent to an activating group) is 1. The average Bonchev–Trinajstić information content (AvgIpc) is 2.79. The molecule has 1 saturated heterocycles. The van der Waals surface area contributed by atoms with Gasteiger partial charge in [-0.2, -0.15) is 0 Å². The molecule has 0 radical (unpaired) electrons. The first kappa shape index (κ1) is 12.6. The van der Waals surface area contributed by atoms with Crippen molar-refractivity contribution < 1.29 is 0 Å². The zero-order valence-electron chi connectivity index (χ0n) is 11.0. The van der Waals surface area contributed by atoms with Crippen molar-refractivity contribution in [3.8, 4) is 0 Å². The molecule has 1 aliphatic heterocycles. The first-order valence-electron chi connectivity index (χ1n) is 6.80. The summed E-state index contributed by atoms with van der Waals surface area (Å²) >= 11 is 0. The van der Waals surface area contributed by atoms with Crippen LogP contribution in [0.1, 0.15) is 31.7 Å². The van der Waals surface area contributed by atoms with E-state index in [4.69, 9.17) is 0 Å². The molecule has 0 amide bonds. The highest BCUT2D eigenvalue weighted by atomic mass is 15.2. The van der Waals surface area contributed by atoms with Crippen LogP contribution in [-0.2, 0) is 0 Å². The molecule has 2 heteroatoms. The van der Waals surface area contributed by atoms with Crippen LogP contribution in [0.2, 0.25) is 0 Å². The number of hydrogen-bond donors (Lipinski definition) is 1. The molecule has 0 saturated carbocycles. The standard InChI is InChI=1S/C15H24N2/c1-3-16-13(2)11-17-10-9-15(12-17)14-7-5-4-6-8-14/h4-8,13,15-16H,3,9-12H2,1-2H3. The van der Waals surface area contributed by atoms with Gasteiger partial charge >= 0.3 is 0 Å². The van der Waals surface area contributed by atoms with E-state index in [0.29, 0.717) is 6.04 Å². The van der Waals surface area contributed by atoms with E-state index in [-0.39, 0.29) is 0 Å². The van der Waals surface area contributed by atoms with Crippen LogP contribution < -0.4 is 5.32 Å². The fraction of sp³-hybridized carbons (Fsp3) is 0.600. The molecule has 1 N–H and O–H groups in total. The van der Waals surface area contributed by atoms with Crippen molar-refractivity contribution in [3.63, 3.8) is 0 Å². The summed E-state index contributed by atoms with van der Waals surface area (Å²) < 4.78 is 0. The Morgan fingerprint density at radius 2 is 2.12 bits per heavy atom. The number of rotatable bonds is 5. The molecule has 0 bridgehead atoms. The topological polar surface area (TPSA) is 15.3 Å². The van der Waals surface area contributed by atoms with E-state index in [0.717, 1.165) is 12.5 Å². The zero-order valence-corrected chi connectivity index (χ0v) is 11.0. The zero-order chi connectivity index (χ0) is 12.1. The van der Waals surface area contributed by atoms with Crippen molar-refractivity contribution in [1.82, 2.24) is 10.2 Å². The van der Waals surface area contributed by atoms with E-state index in [1.807, 2.05) is 0 Å². The summed E-state index contributed by atoms with van der Waals surface area (Å²) in [6, 6.07) is 11.5. The predicted molar refractivity (Wildman–Crippen MR) is 73.4 cm³/mol. The summed E-state index contributed by atoms with van der Waals surface area (Å²) in [6.45, 7) is 9.16. The van der Waals surface area contributed by atoms with Gasteiger partial charge in [0.25, 0.3) is 0 Å². The molecule has 2 atom stereocenters. The molecular formula is C15H24N2. The molecule has 0 spiro atoms. The van der Waals surface area contributed by atoms with Crippen molar-refractivity contribution >= 4 is 0 Å². The predicted octanol–water partition coefficient (Wildman–Crippen LogP) is 2.47. The molecule has 0 aromatic heterocycles. The summed E-state index contributed by atoms with van der Waals surface area (Å²) in [5.74, 6) is 0.741. The Labute approximate surface area is 105 Å². The Balaban J connectivity index is 1.83. The number of benzene rings is 1. The minimum atomic E-state index is 0.606. The first-order valence-corrected chi connectivity index (χ1v) is 6.80. The van der Waals surface area contributed by atoms with Crippen molar-refractivity contribution in [2.45, 2.75) is 32.2 Å². The molecule has 2 rings (SSSR count). The fourth-order valence-corrected chi connectivity index (χ4v) is 2.80. The molecule has 2 unspecified atom stereocenters. The average molecular weight is 232 g/mol. The van der Waals surface area contributed by atoms with Gasteiger partial charge in [0.15, 0.2) is 0 Å². The molecule has 1 aromatic carbocycles. The molecule has 2 nitrogen and oxygen atoms in total. The molecule has 1 fully saturated rings. The van der Waals surface area contributed by atoms with Crippen LogP contribution in [0.5, 0.6) is 0 Å². The minimum absolute atomic E-state index is 0.606. The number of nitrogens with zero attached hydrogens (tertiary/aromatic N) is 1. The van der Waals surface area contributed by atoms with Gasteiger partial charge in [-0.1, -0.05) is 37.3 Å². The van der Waals surface area contributed by atoms with Gasteiger partial charge in [-0.05, 0) is 37.9 Å².